The molecule has 1 fully saturated rings. The lowest BCUT2D eigenvalue weighted by atomic mass is 9.82. The Hall–Kier alpha value is -2.70. The number of piperidine rings is 1. The summed E-state index contributed by atoms with van der Waals surface area (Å²) < 4.78 is 11.8. The molecule has 0 radical (unpaired) electrons. The molecule has 1 unspecified atom stereocenters. The number of carbonyl (C=O) groups excluding carboxylic acids is 1. The summed E-state index contributed by atoms with van der Waals surface area (Å²) in [6, 6.07) is 19.8. The summed E-state index contributed by atoms with van der Waals surface area (Å²) in [4.78, 5) is 25.8. The predicted molar refractivity (Wildman–Crippen MR) is 113 cm³/mol. The highest BCUT2D eigenvalue weighted by atomic mass is 16.6. The van der Waals surface area contributed by atoms with Gasteiger partial charge in [0, 0.05) is 32.5 Å². The molecule has 6 heteroatoms. The van der Waals surface area contributed by atoms with Crippen LogP contribution < -0.4 is 0 Å². The molecule has 1 saturated heterocycles. The van der Waals surface area contributed by atoms with Gasteiger partial charge in [0.25, 0.3) is 0 Å². The maximum Gasteiger partial charge on any atom is 0.306 e. The van der Waals surface area contributed by atoms with Crippen LogP contribution in [-0.2, 0) is 32.2 Å². The first kappa shape index (κ1) is 22.0. The van der Waals surface area contributed by atoms with Gasteiger partial charge in [0.2, 0.25) is 0 Å². The second kappa shape index (κ2) is 10.4. The van der Waals surface area contributed by atoms with Crippen molar-refractivity contribution in [3.05, 3.63) is 71.8 Å². The average molecular weight is 411 g/mol. The van der Waals surface area contributed by atoms with Crippen LogP contribution in [0.1, 0.15) is 25.0 Å². The Bertz CT molecular complexity index is 826. The van der Waals surface area contributed by atoms with E-state index in [4.69, 9.17) is 9.47 Å². The zero-order chi connectivity index (χ0) is 21.5. The predicted octanol–water partition coefficient (Wildman–Crippen LogP) is 3.36. The third-order valence-electron chi connectivity index (χ3n) is 5.59. The Balaban J connectivity index is 1.82. The molecule has 30 heavy (non-hydrogen) atoms. The first-order chi connectivity index (χ1) is 14.4. The average Bonchev–Trinajstić information content (AvgIpc) is 2.74. The quantitative estimate of drug-likeness (QED) is 0.672. The number of nitrogens with zero attached hydrogens (tertiary/aromatic N) is 1. The van der Waals surface area contributed by atoms with Crippen LogP contribution in [0.5, 0.6) is 0 Å². The number of aliphatic carboxylic acids is 1. The van der Waals surface area contributed by atoms with Gasteiger partial charge in [-0.25, -0.2) is 0 Å². The van der Waals surface area contributed by atoms with Gasteiger partial charge in [-0.1, -0.05) is 67.6 Å². The molecule has 0 aliphatic carbocycles. The van der Waals surface area contributed by atoms with Crippen LogP contribution in [0.25, 0.3) is 0 Å². The maximum atomic E-state index is 11.8. The molecule has 2 aromatic carbocycles. The van der Waals surface area contributed by atoms with Crippen LogP contribution in [0.3, 0.4) is 0 Å². The number of carboxylic acid groups (broad SMARTS) is 1. The summed E-state index contributed by atoms with van der Waals surface area (Å²) in [5, 5.41) is 9.66. The molecule has 3 rings (SSSR count). The number of hydrogen-bond acceptors (Lipinski definition) is 5. The fourth-order valence-corrected chi connectivity index (χ4v) is 3.99. The minimum absolute atomic E-state index is 0.371. The molecule has 1 aliphatic rings. The highest BCUT2D eigenvalue weighted by Gasteiger charge is 2.44. The Morgan fingerprint density at radius 3 is 2.20 bits per heavy atom. The van der Waals surface area contributed by atoms with Gasteiger partial charge < -0.3 is 14.6 Å². The summed E-state index contributed by atoms with van der Waals surface area (Å²) in [7, 11) is 0. The van der Waals surface area contributed by atoms with E-state index in [9.17, 15) is 14.7 Å². The van der Waals surface area contributed by atoms with Gasteiger partial charge in [0.05, 0.1) is 12.5 Å². The molecule has 0 saturated carbocycles. The van der Waals surface area contributed by atoms with Gasteiger partial charge in [-0.05, 0) is 11.1 Å². The van der Waals surface area contributed by atoms with E-state index in [1.807, 2.05) is 60.7 Å². The molecule has 160 valence electrons. The lowest BCUT2D eigenvalue weighted by molar-refractivity contribution is -0.180. The smallest absolute Gasteiger partial charge is 0.306 e. The van der Waals surface area contributed by atoms with E-state index >= 15 is 0 Å². The molecule has 4 atom stereocenters. The minimum Gasteiger partial charge on any atom is -0.481 e. The molecule has 1 heterocycles. The number of carbonyl (C=O) groups is 2. The van der Waals surface area contributed by atoms with Crippen molar-refractivity contribution in [2.24, 2.45) is 11.8 Å². The maximum absolute atomic E-state index is 11.8. The number of rotatable bonds is 8. The van der Waals surface area contributed by atoms with E-state index in [-0.39, 0.29) is 5.92 Å². The van der Waals surface area contributed by atoms with Crippen LogP contribution >= 0.6 is 0 Å². The van der Waals surface area contributed by atoms with Gasteiger partial charge in [-0.2, -0.15) is 0 Å². The largest absolute Gasteiger partial charge is 0.481 e. The molecule has 0 amide bonds. The SMILES string of the molecule is CC(=O)O[C@H]1[C@H](OCc2ccccc2)CN(Cc2ccccc2)C[C@H]1C(C)C(=O)O. The topological polar surface area (TPSA) is 76.1 Å². The zero-order valence-electron chi connectivity index (χ0n) is 17.4. The molecule has 6 nitrogen and oxygen atoms in total. The highest BCUT2D eigenvalue weighted by molar-refractivity contribution is 5.70. The minimum atomic E-state index is -0.902. The van der Waals surface area contributed by atoms with E-state index in [2.05, 4.69) is 4.90 Å². The highest BCUT2D eigenvalue weighted by Crippen LogP contribution is 2.30. The summed E-state index contributed by atoms with van der Waals surface area (Å²) in [5.41, 5.74) is 2.16. The first-order valence-electron chi connectivity index (χ1n) is 10.3. The third-order valence-corrected chi connectivity index (χ3v) is 5.59. The number of esters is 1. The Labute approximate surface area is 177 Å². The van der Waals surface area contributed by atoms with Crippen molar-refractivity contribution in [1.82, 2.24) is 4.90 Å². The van der Waals surface area contributed by atoms with Crippen molar-refractivity contribution >= 4 is 11.9 Å². The van der Waals surface area contributed by atoms with Gasteiger partial charge in [-0.3, -0.25) is 14.5 Å². The van der Waals surface area contributed by atoms with Crippen molar-refractivity contribution in [2.45, 2.75) is 39.2 Å². The van der Waals surface area contributed by atoms with Gasteiger partial charge in [-0.15, -0.1) is 0 Å². The van der Waals surface area contributed by atoms with E-state index in [0.29, 0.717) is 26.2 Å². The number of hydrogen-bond donors (Lipinski definition) is 1. The zero-order valence-corrected chi connectivity index (χ0v) is 17.4. The molecule has 1 aliphatic heterocycles. The summed E-state index contributed by atoms with van der Waals surface area (Å²) in [6.07, 6.45) is -1.03. The fourth-order valence-electron chi connectivity index (χ4n) is 3.99. The molecule has 2 aromatic rings. The van der Waals surface area contributed by atoms with E-state index in [0.717, 1.165) is 11.1 Å². The fraction of sp³-hybridized carbons (Fsp3) is 0.417. The van der Waals surface area contributed by atoms with Crippen LogP contribution in [0, 0.1) is 11.8 Å². The summed E-state index contributed by atoms with van der Waals surface area (Å²) >= 11 is 0. The molecule has 1 N–H and O–H groups in total. The van der Waals surface area contributed by atoms with Crippen molar-refractivity contribution < 1.29 is 24.2 Å². The van der Waals surface area contributed by atoms with Crippen LogP contribution in [-0.4, -0.2) is 47.2 Å². The molecule has 0 bridgehead atoms. The molecule has 0 spiro atoms. The molecular weight excluding hydrogens is 382 g/mol. The standard InChI is InChI=1S/C24H29NO5/c1-17(24(27)28)21-14-25(13-19-9-5-3-6-10-19)15-22(23(21)30-18(2)26)29-16-20-11-7-4-8-12-20/h3-12,17,21-23H,13-16H2,1-2H3,(H,27,28)/t17?,21-,22+,23+/m0/s1. The molecule has 0 aromatic heterocycles. The number of carboxylic acids is 1. The van der Waals surface area contributed by atoms with Crippen molar-refractivity contribution in [1.29, 1.82) is 0 Å². The van der Waals surface area contributed by atoms with Gasteiger partial charge in [0.1, 0.15) is 12.2 Å². The Kier molecular flexibility index (Phi) is 7.60. The number of ether oxygens (including phenoxy) is 2. The lowest BCUT2D eigenvalue weighted by Gasteiger charge is -2.44. The van der Waals surface area contributed by atoms with Crippen LogP contribution in [0.2, 0.25) is 0 Å². The lowest BCUT2D eigenvalue weighted by Crippen LogP contribution is -2.57. The van der Waals surface area contributed by atoms with Crippen LogP contribution in [0.15, 0.2) is 60.7 Å². The number of likely N-dealkylation sites (tertiary alicyclic amines) is 1. The Morgan fingerprint density at radius 1 is 1.03 bits per heavy atom. The van der Waals surface area contributed by atoms with Crippen molar-refractivity contribution in [2.75, 3.05) is 13.1 Å². The first-order valence-corrected chi connectivity index (χ1v) is 10.3. The summed E-state index contributed by atoms with van der Waals surface area (Å²) in [6.45, 7) is 5.16. The van der Waals surface area contributed by atoms with Crippen molar-refractivity contribution in [3.8, 4) is 0 Å². The van der Waals surface area contributed by atoms with E-state index < -0.39 is 30.1 Å². The monoisotopic (exact) mass is 411 g/mol. The Morgan fingerprint density at radius 2 is 1.63 bits per heavy atom. The van der Waals surface area contributed by atoms with E-state index in [1.54, 1.807) is 6.92 Å². The second-order valence-corrected chi connectivity index (χ2v) is 7.88. The second-order valence-electron chi connectivity index (χ2n) is 7.88. The van der Waals surface area contributed by atoms with Gasteiger partial charge >= 0.3 is 11.9 Å². The molecular formula is C24H29NO5. The summed E-state index contributed by atoms with van der Waals surface area (Å²) in [5.74, 6) is -2.37. The van der Waals surface area contributed by atoms with E-state index in [1.165, 1.54) is 6.92 Å². The van der Waals surface area contributed by atoms with Gasteiger partial charge in [0.15, 0.2) is 0 Å². The van der Waals surface area contributed by atoms with Crippen molar-refractivity contribution in [3.63, 3.8) is 0 Å². The third kappa shape index (κ3) is 5.90. The van der Waals surface area contributed by atoms with Crippen LogP contribution in [0.4, 0.5) is 0 Å². The normalized spacial score (nSPS) is 22.9. The number of benzene rings is 2.